The van der Waals surface area contributed by atoms with Gasteiger partial charge in [0.1, 0.15) is 30.2 Å². The highest BCUT2D eigenvalue weighted by molar-refractivity contribution is 5.92. The van der Waals surface area contributed by atoms with Crippen LogP contribution in [-0.4, -0.2) is 78.2 Å². The highest BCUT2D eigenvalue weighted by atomic mass is 16.7. The van der Waals surface area contributed by atoms with E-state index >= 15 is 4.79 Å². The van der Waals surface area contributed by atoms with E-state index in [0.717, 1.165) is 114 Å². The zero-order valence-corrected chi connectivity index (χ0v) is 37.6. The number of hydrogen-bond donors (Lipinski definition) is 3. The molecule has 342 valence electrons. The number of cyclic esters (lactones) is 2. The highest BCUT2D eigenvalue weighted by Crippen LogP contribution is 2.83. The molecule has 11 rings (SSSR count). The first-order valence-electron chi connectivity index (χ1n) is 25.1. The monoisotopic (exact) mass is 867 g/mol. The number of carbonyl (C=O) groups excluding carboxylic acids is 3. The van der Waals surface area contributed by atoms with Gasteiger partial charge in [-0.25, -0.2) is 4.79 Å². The van der Waals surface area contributed by atoms with Crippen LogP contribution >= 0.6 is 0 Å². The van der Waals surface area contributed by atoms with E-state index in [2.05, 4.69) is 54.8 Å². The van der Waals surface area contributed by atoms with Gasteiger partial charge in [0.05, 0.1) is 30.3 Å². The molecule has 9 fully saturated rings. The van der Waals surface area contributed by atoms with E-state index in [4.69, 9.17) is 23.4 Å². The molecular formula is C52H70N2O9. The zero-order chi connectivity index (χ0) is 43.2. The lowest BCUT2D eigenvalue weighted by Crippen LogP contribution is -2.79. The average molecular weight is 867 g/mol. The van der Waals surface area contributed by atoms with Gasteiger partial charge in [-0.2, -0.15) is 0 Å². The highest BCUT2D eigenvalue weighted by Gasteiger charge is 2.93. The molecule has 0 bridgehead atoms. The third-order valence-electron chi connectivity index (χ3n) is 19.2. The maximum Gasteiger partial charge on any atom is 0.339 e. The van der Waals surface area contributed by atoms with Crippen molar-refractivity contribution in [3.8, 4) is 0 Å². The molecule has 2 spiro atoms. The summed E-state index contributed by atoms with van der Waals surface area (Å²) in [7, 11) is 0. The fourth-order valence-electron chi connectivity index (χ4n) is 16.6. The van der Waals surface area contributed by atoms with Crippen molar-refractivity contribution in [2.24, 2.45) is 45.8 Å². The molecule has 2 aromatic rings. The van der Waals surface area contributed by atoms with E-state index in [1.165, 1.54) is 18.4 Å². The van der Waals surface area contributed by atoms with Gasteiger partial charge in [0.25, 0.3) is 0 Å². The van der Waals surface area contributed by atoms with E-state index in [0.29, 0.717) is 24.8 Å². The summed E-state index contributed by atoms with van der Waals surface area (Å²) in [5.74, 6) is -0.677. The molecule has 6 heterocycles. The number of benzene rings is 1. The Kier molecular flexibility index (Phi) is 10.8. The lowest BCUT2D eigenvalue weighted by molar-refractivity contribution is -0.276. The number of unbranched alkanes of at least 4 members (excludes halogenated alkanes) is 3. The minimum Gasteiger partial charge on any atom is -0.469 e. The summed E-state index contributed by atoms with van der Waals surface area (Å²) >= 11 is 0. The summed E-state index contributed by atoms with van der Waals surface area (Å²) in [6.45, 7) is 6.34. The number of carbonyl (C=O) groups is 3. The predicted octanol–water partition coefficient (Wildman–Crippen LogP) is 7.71. The molecule has 0 radical (unpaired) electrons. The van der Waals surface area contributed by atoms with E-state index in [1.54, 1.807) is 6.26 Å². The summed E-state index contributed by atoms with van der Waals surface area (Å²) in [6, 6.07) is 13.2. The Morgan fingerprint density at radius 1 is 0.857 bits per heavy atom. The normalized spacial score (nSPS) is 44.4. The van der Waals surface area contributed by atoms with Crippen molar-refractivity contribution < 1.29 is 42.9 Å². The number of aliphatic hydroxyl groups is 1. The van der Waals surface area contributed by atoms with Crippen molar-refractivity contribution in [1.82, 2.24) is 10.6 Å². The Bertz CT molecular complexity index is 2050. The molecule has 0 unspecified atom stereocenters. The summed E-state index contributed by atoms with van der Waals surface area (Å²) in [4.78, 5) is 44.2. The Morgan fingerprint density at radius 3 is 2.48 bits per heavy atom. The number of hydrogen-bond acceptors (Lipinski definition) is 11. The first-order chi connectivity index (χ1) is 30.6. The molecule has 0 amide bonds. The number of nitrogens with one attached hydrogen (secondary N) is 2. The Morgan fingerprint density at radius 2 is 1.67 bits per heavy atom. The summed E-state index contributed by atoms with van der Waals surface area (Å²) in [6.07, 6.45) is 15.7. The van der Waals surface area contributed by atoms with Gasteiger partial charge in [0.2, 0.25) is 0 Å². The van der Waals surface area contributed by atoms with Crippen molar-refractivity contribution >= 4 is 17.7 Å². The molecule has 4 aliphatic carbocycles. The van der Waals surface area contributed by atoms with E-state index in [-0.39, 0.29) is 42.5 Å². The zero-order valence-electron chi connectivity index (χ0n) is 37.6. The summed E-state index contributed by atoms with van der Waals surface area (Å²) in [5, 5.41) is 20.5. The number of epoxide rings is 1. The van der Waals surface area contributed by atoms with Crippen molar-refractivity contribution in [2.75, 3.05) is 19.8 Å². The van der Waals surface area contributed by atoms with Crippen LogP contribution in [0.1, 0.15) is 146 Å². The predicted molar refractivity (Wildman–Crippen MR) is 233 cm³/mol. The number of furan rings is 1. The Hall–Kier alpha value is -3.09. The van der Waals surface area contributed by atoms with Crippen LogP contribution in [0.15, 0.2) is 47.1 Å². The molecule has 4 saturated carbocycles. The standard InChI is InChI=1S/C52H70N2O9/c1-48-24-22-39-50-30-60-41(55)28-40(50)62-49(2,34-17-9-6-10-18-34)43(50)42(56)44(57)51(39,35-19-13-16-33(27-35)26-32-14-7-5-8-15-32)52(48)46(63-52)47(58)61-45(48)37-23-25-59-38(37)21-12-4-3-11-20-36-29-53-31-54-36/h5,7-8,14-15,23,25,33-36,39-40,43-46,53-54,57H,3-4,6,9-13,16-22,24,26-31H2,1-2H3/t33-,35-,36-,39+,40-,43+,44+,45-,46+,48-,49+,50-,51-,52+/m0/s1. The molecule has 11 heteroatoms. The van der Waals surface area contributed by atoms with Crippen molar-refractivity contribution in [1.29, 1.82) is 0 Å². The van der Waals surface area contributed by atoms with Gasteiger partial charge < -0.3 is 39.1 Å². The third-order valence-corrected chi connectivity index (χ3v) is 19.2. The molecule has 3 N–H and O–H groups in total. The van der Waals surface area contributed by atoms with Gasteiger partial charge in [-0.15, -0.1) is 0 Å². The van der Waals surface area contributed by atoms with Crippen molar-refractivity contribution in [2.45, 2.75) is 178 Å². The number of Topliss-reactive ketones (excluding diaryl/α,β-unsaturated/α-hetero) is 1. The number of aryl methyl sites for hydroxylation is 1. The van der Waals surface area contributed by atoms with Crippen LogP contribution in [0, 0.1) is 45.8 Å². The fraction of sp³-hybridized carbons (Fsp3) is 0.750. The minimum atomic E-state index is -1.39. The van der Waals surface area contributed by atoms with Gasteiger partial charge in [0, 0.05) is 47.5 Å². The fourth-order valence-corrected chi connectivity index (χ4v) is 16.6. The largest absolute Gasteiger partial charge is 0.469 e. The quantitative estimate of drug-likeness (QED) is 0.110. The summed E-state index contributed by atoms with van der Waals surface area (Å²) < 4.78 is 33.6. The number of esters is 2. The van der Waals surface area contributed by atoms with E-state index < -0.39 is 63.8 Å². The minimum absolute atomic E-state index is 0.0831. The molecule has 1 aromatic heterocycles. The van der Waals surface area contributed by atoms with Gasteiger partial charge in [-0.3, -0.25) is 9.59 Å². The van der Waals surface area contributed by atoms with Crippen molar-refractivity contribution in [3.05, 3.63) is 59.5 Å². The molecule has 11 nitrogen and oxygen atoms in total. The Labute approximate surface area is 372 Å². The van der Waals surface area contributed by atoms with Crippen LogP contribution in [0.25, 0.3) is 0 Å². The first-order valence-corrected chi connectivity index (χ1v) is 25.1. The van der Waals surface area contributed by atoms with Gasteiger partial charge in [-0.1, -0.05) is 88.6 Å². The lowest BCUT2D eigenvalue weighted by Gasteiger charge is -2.70. The van der Waals surface area contributed by atoms with Crippen LogP contribution < -0.4 is 10.6 Å². The average Bonchev–Trinajstić information content (AvgIpc) is 3.54. The lowest BCUT2D eigenvalue weighted by atomic mass is 9.32. The molecule has 5 saturated heterocycles. The number of ether oxygens (including phenoxy) is 4. The van der Waals surface area contributed by atoms with Gasteiger partial charge in [0.15, 0.2) is 11.9 Å². The van der Waals surface area contributed by atoms with Crippen LogP contribution in [0.5, 0.6) is 0 Å². The van der Waals surface area contributed by atoms with Crippen LogP contribution in [0.4, 0.5) is 0 Å². The van der Waals surface area contributed by atoms with Crippen LogP contribution in [-0.2, 0) is 46.2 Å². The molecule has 63 heavy (non-hydrogen) atoms. The first kappa shape index (κ1) is 42.5. The maximum absolute atomic E-state index is 16.1. The molecule has 5 aliphatic heterocycles. The smallest absolute Gasteiger partial charge is 0.339 e. The molecule has 14 atom stereocenters. The van der Waals surface area contributed by atoms with Gasteiger partial charge in [-0.05, 0) is 100 Å². The third kappa shape index (κ3) is 6.24. The molecular weight excluding hydrogens is 797 g/mol. The summed E-state index contributed by atoms with van der Waals surface area (Å²) in [5.41, 5.74) is -2.67. The van der Waals surface area contributed by atoms with E-state index in [9.17, 15) is 14.7 Å². The van der Waals surface area contributed by atoms with Crippen molar-refractivity contribution in [3.63, 3.8) is 0 Å². The van der Waals surface area contributed by atoms with E-state index in [1.807, 2.05) is 6.07 Å². The Balaban J connectivity index is 0.994. The number of ketones is 1. The maximum atomic E-state index is 16.1. The molecule has 9 aliphatic rings. The SMILES string of the molecule is C[C@@]12CC[C@@H]3[C@@]45COC(=O)C[C@@H]4O[C@](C)(C4CCCCC4)[C@H]5C(=O)[C@@H](O)[C@@]3([C@H]3CCC[C@@H](Cc4ccccc4)C3)[C@]13O[C@@H]3C(=O)O[C@H]2c1ccoc1CCCCCC[C@H]1CNCN1. The van der Waals surface area contributed by atoms with Crippen LogP contribution in [0.3, 0.4) is 0 Å². The number of aliphatic hydroxyl groups excluding tert-OH is 1. The second-order valence-corrected chi connectivity index (χ2v) is 22.0. The molecule has 1 aromatic carbocycles. The second-order valence-electron chi connectivity index (χ2n) is 22.0. The van der Waals surface area contributed by atoms with Gasteiger partial charge >= 0.3 is 11.9 Å². The van der Waals surface area contributed by atoms with Crippen LogP contribution in [0.2, 0.25) is 0 Å². The topological polar surface area (TPSA) is 149 Å². The number of fused-ring (bicyclic) bond motifs is 1. The second kappa shape index (κ2) is 16.1. The number of rotatable bonds is 12.